The molecule has 1 aliphatic rings. The molecule has 2 aromatic rings. The summed E-state index contributed by atoms with van der Waals surface area (Å²) in [5, 5.41) is 5.61. The molecule has 0 bridgehead atoms. The number of carbonyl (C=O) groups excluding carboxylic acids is 2. The van der Waals surface area contributed by atoms with Crippen LogP contribution in [0.1, 0.15) is 12.5 Å². The third-order valence-electron chi connectivity index (χ3n) is 3.69. The van der Waals surface area contributed by atoms with Gasteiger partial charge in [0, 0.05) is 15.1 Å². The van der Waals surface area contributed by atoms with Crippen LogP contribution in [-0.4, -0.2) is 23.7 Å². The van der Waals surface area contributed by atoms with Crippen LogP contribution in [0.15, 0.2) is 45.8 Å². The summed E-state index contributed by atoms with van der Waals surface area (Å²) in [5.41, 5.74) is 2.31. The number of ether oxygens (including phenoxy) is 1. The van der Waals surface area contributed by atoms with Crippen molar-refractivity contribution in [2.75, 3.05) is 16.4 Å². The number of rotatable bonds is 4. The highest BCUT2D eigenvalue weighted by Gasteiger charge is 2.23. The van der Waals surface area contributed by atoms with Crippen molar-refractivity contribution in [3.05, 3.63) is 46.4 Å². The predicted octanol–water partition coefficient (Wildman–Crippen LogP) is 4.21. The lowest BCUT2D eigenvalue weighted by atomic mass is 10.2. The Hall–Kier alpha value is -1.99. The minimum Gasteiger partial charge on any atom is -0.479 e. The predicted molar refractivity (Wildman–Crippen MR) is 103 cm³/mol. The maximum Gasteiger partial charge on any atom is 0.265 e. The van der Waals surface area contributed by atoms with E-state index in [0.29, 0.717) is 22.9 Å². The minimum absolute atomic E-state index is 0.108. The molecule has 0 fully saturated rings. The molecule has 1 aliphatic heterocycles. The largest absolute Gasteiger partial charge is 0.479 e. The number of anilines is 2. The van der Waals surface area contributed by atoms with Gasteiger partial charge in [-0.05, 0) is 55.8 Å². The van der Waals surface area contributed by atoms with Gasteiger partial charge in [0.1, 0.15) is 5.75 Å². The van der Waals surface area contributed by atoms with Crippen LogP contribution in [0.25, 0.3) is 0 Å². The second-order valence-corrected chi connectivity index (χ2v) is 7.64. The Morgan fingerprint density at radius 1 is 1.32 bits per heavy atom. The molecule has 1 heterocycles. The summed E-state index contributed by atoms with van der Waals surface area (Å²) in [7, 11) is 0. The van der Waals surface area contributed by atoms with E-state index in [0.717, 1.165) is 14.9 Å². The number of nitrogens with one attached hydrogen (secondary N) is 2. The fourth-order valence-electron chi connectivity index (χ4n) is 2.40. The van der Waals surface area contributed by atoms with E-state index in [1.807, 2.05) is 25.1 Å². The fraction of sp³-hybridized carbons (Fsp3) is 0.222. The Labute approximate surface area is 158 Å². The highest BCUT2D eigenvalue weighted by molar-refractivity contribution is 9.10. The van der Waals surface area contributed by atoms with Crippen molar-refractivity contribution in [3.63, 3.8) is 0 Å². The van der Waals surface area contributed by atoms with Gasteiger partial charge in [-0.3, -0.25) is 9.59 Å². The van der Waals surface area contributed by atoms with Gasteiger partial charge in [-0.15, -0.1) is 11.8 Å². The summed E-state index contributed by atoms with van der Waals surface area (Å²) >= 11 is 4.92. The molecule has 1 atom stereocenters. The Kier molecular flexibility index (Phi) is 5.34. The number of fused-ring (bicyclic) bond motifs is 1. The van der Waals surface area contributed by atoms with Crippen LogP contribution in [-0.2, 0) is 9.59 Å². The standard InChI is InChI=1S/C18H17BrN2O3S/c1-10-7-12(19)3-6-16(10)25-9-17(22)20-13-4-5-15-14(8-13)21-18(23)11(2)24-15/h3-8,11H,9H2,1-2H3,(H,20,22)(H,21,23). The molecule has 25 heavy (non-hydrogen) atoms. The van der Waals surface area contributed by atoms with E-state index >= 15 is 0 Å². The lowest BCUT2D eigenvalue weighted by Gasteiger charge is -2.23. The van der Waals surface area contributed by atoms with Crippen LogP contribution >= 0.6 is 27.7 Å². The summed E-state index contributed by atoms with van der Waals surface area (Å²) in [4.78, 5) is 24.9. The Balaban J connectivity index is 1.61. The zero-order chi connectivity index (χ0) is 18.0. The van der Waals surface area contributed by atoms with Gasteiger partial charge in [0.15, 0.2) is 6.10 Å². The second kappa shape index (κ2) is 7.49. The zero-order valence-electron chi connectivity index (χ0n) is 13.8. The average molecular weight is 421 g/mol. The van der Waals surface area contributed by atoms with E-state index in [1.165, 1.54) is 11.8 Å². The molecule has 3 rings (SSSR count). The van der Waals surface area contributed by atoms with Gasteiger partial charge in [-0.2, -0.15) is 0 Å². The smallest absolute Gasteiger partial charge is 0.265 e. The van der Waals surface area contributed by atoms with Crippen molar-refractivity contribution in [2.45, 2.75) is 24.8 Å². The number of amides is 2. The quantitative estimate of drug-likeness (QED) is 0.726. The molecule has 0 aliphatic carbocycles. The van der Waals surface area contributed by atoms with Crippen molar-refractivity contribution >= 4 is 50.9 Å². The molecule has 7 heteroatoms. The number of hydrogen-bond donors (Lipinski definition) is 2. The van der Waals surface area contributed by atoms with Gasteiger partial charge in [0.05, 0.1) is 11.4 Å². The van der Waals surface area contributed by atoms with Crippen molar-refractivity contribution in [1.29, 1.82) is 0 Å². The van der Waals surface area contributed by atoms with Gasteiger partial charge in [0.2, 0.25) is 5.91 Å². The van der Waals surface area contributed by atoms with E-state index in [2.05, 4.69) is 26.6 Å². The maximum absolute atomic E-state index is 12.2. The van der Waals surface area contributed by atoms with Crippen LogP contribution in [0.4, 0.5) is 11.4 Å². The Morgan fingerprint density at radius 3 is 2.88 bits per heavy atom. The number of aryl methyl sites for hydroxylation is 1. The van der Waals surface area contributed by atoms with Gasteiger partial charge >= 0.3 is 0 Å². The minimum atomic E-state index is -0.515. The second-order valence-electron chi connectivity index (χ2n) is 5.71. The molecule has 0 saturated heterocycles. The average Bonchev–Trinajstić information content (AvgIpc) is 2.55. The molecular weight excluding hydrogens is 404 g/mol. The van der Waals surface area contributed by atoms with E-state index in [1.54, 1.807) is 25.1 Å². The monoisotopic (exact) mass is 420 g/mol. The fourth-order valence-corrected chi connectivity index (χ4v) is 3.69. The van der Waals surface area contributed by atoms with Crippen LogP contribution in [0.5, 0.6) is 5.75 Å². The molecule has 2 N–H and O–H groups in total. The van der Waals surface area contributed by atoms with Crippen molar-refractivity contribution < 1.29 is 14.3 Å². The van der Waals surface area contributed by atoms with Crippen LogP contribution < -0.4 is 15.4 Å². The lowest BCUT2D eigenvalue weighted by molar-refractivity contribution is -0.122. The summed E-state index contributed by atoms with van der Waals surface area (Å²) < 4.78 is 6.52. The number of halogens is 1. The third-order valence-corrected chi connectivity index (χ3v) is 5.36. The topological polar surface area (TPSA) is 67.4 Å². The van der Waals surface area contributed by atoms with E-state index in [4.69, 9.17) is 4.74 Å². The highest BCUT2D eigenvalue weighted by atomic mass is 79.9. The molecule has 1 unspecified atom stereocenters. The van der Waals surface area contributed by atoms with Crippen LogP contribution in [0.3, 0.4) is 0 Å². The first kappa shape index (κ1) is 17.8. The third kappa shape index (κ3) is 4.35. The maximum atomic E-state index is 12.2. The molecule has 2 aromatic carbocycles. The Morgan fingerprint density at radius 2 is 2.12 bits per heavy atom. The van der Waals surface area contributed by atoms with E-state index in [9.17, 15) is 9.59 Å². The molecule has 0 radical (unpaired) electrons. The lowest BCUT2D eigenvalue weighted by Crippen LogP contribution is -2.34. The molecule has 5 nitrogen and oxygen atoms in total. The van der Waals surface area contributed by atoms with Crippen molar-refractivity contribution in [1.82, 2.24) is 0 Å². The number of thioether (sulfide) groups is 1. The highest BCUT2D eigenvalue weighted by Crippen LogP contribution is 2.32. The van der Waals surface area contributed by atoms with Gasteiger partial charge < -0.3 is 15.4 Å². The zero-order valence-corrected chi connectivity index (χ0v) is 16.2. The first-order chi connectivity index (χ1) is 11.9. The first-order valence-electron chi connectivity index (χ1n) is 7.73. The van der Waals surface area contributed by atoms with E-state index < -0.39 is 6.10 Å². The van der Waals surface area contributed by atoms with Crippen LogP contribution in [0, 0.1) is 6.92 Å². The first-order valence-corrected chi connectivity index (χ1v) is 9.50. The van der Waals surface area contributed by atoms with Crippen LogP contribution in [0.2, 0.25) is 0 Å². The van der Waals surface area contributed by atoms with Crippen molar-refractivity contribution in [3.8, 4) is 5.75 Å². The molecule has 0 saturated carbocycles. The SMILES string of the molecule is Cc1cc(Br)ccc1SCC(=O)Nc1ccc2c(c1)NC(=O)C(C)O2. The summed E-state index contributed by atoms with van der Waals surface area (Å²) in [6, 6.07) is 11.2. The summed E-state index contributed by atoms with van der Waals surface area (Å²) in [5.74, 6) is 0.602. The van der Waals surface area contributed by atoms with E-state index in [-0.39, 0.29) is 11.8 Å². The Bertz CT molecular complexity index is 841. The number of benzene rings is 2. The van der Waals surface area contributed by atoms with Gasteiger partial charge in [-0.25, -0.2) is 0 Å². The number of carbonyl (C=O) groups is 2. The van der Waals surface area contributed by atoms with Crippen molar-refractivity contribution in [2.24, 2.45) is 0 Å². The molecule has 0 aromatic heterocycles. The summed E-state index contributed by atoms with van der Waals surface area (Å²) in [6.45, 7) is 3.70. The molecular formula is C18H17BrN2O3S. The summed E-state index contributed by atoms with van der Waals surface area (Å²) in [6.07, 6.45) is -0.515. The normalized spacial score (nSPS) is 15.8. The molecule has 130 valence electrons. The number of hydrogen-bond acceptors (Lipinski definition) is 4. The molecule has 2 amide bonds. The molecule has 0 spiro atoms. The van der Waals surface area contributed by atoms with Gasteiger partial charge in [0.25, 0.3) is 5.91 Å². The van der Waals surface area contributed by atoms with Gasteiger partial charge in [-0.1, -0.05) is 15.9 Å².